The predicted octanol–water partition coefficient (Wildman–Crippen LogP) is 1.67. The van der Waals surface area contributed by atoms with Gasteiger partial charge >= 0.3 is 6.03 Å². The van der Waals surface area contributed by atoms with Gasteiger partial charge in [0, 0.05) is 12.6 Å². The Morgan fingerprint density at radius 2 is 2.29 bits per heavy atom. The molecule has 2 amide bonds. The van der Waals surface area contributed by atoms with Crippen LogP contribution in [0.2, 0.25) is 0 Å². The molecular formula is C10H12N2O2. The molecule has 1 heterocycles. The van der Waals surface area contributed by atoms with Crippen molar-refractivity contribution < 1.29 is 9.53 Å². The summed E-state index contributed by atoms with van der Waals surface area (Å²) in [5, 5.41) is 2.79. The lowest BCUT2D eigenvalue weighted by atomic mass is 10.1. The number of urea groups is 1. The summed E-state index contributed by atoms with van der Waals surface area (Å²) < 4.78 is 5.22. The topological polar surface area (TPSA) is 41.6 Å². The Morgan fingerprint density at radius 1 is 1.50 bits per heavy atom. The molecule has 0 aliphatic carbocycles. The standard InChI is InChI=1S/C10H12N2O2/c1-12-6-7-8(11-10(12)13)4-3-5-9(7)14-2/h3-5H,6H2,1-2H3,(H,11,13). The zero-order chi connectivity index (χ0) is 10.1. The second-order valence-corrected chi connectivity index (χ2v) is 3.27. The van der Waals surface area contributed by atoms with Gasteiger partial charge in [-0.1, -0.05) is 6.07 Å². The fourth-order valence-corrected chi connectivity index (χ4v) is 1.56. The van der Waals surface area contributed by atoms with E-state index >= 15 is 0 Å². The number of methoxy groups -OCH3 is 1. The van der Waals surface area contributed by atoms with E-state index in [1.165, 1.54) is 0 Å². The molecule has 1 N–H and O–H groups in total. The molecule has 1 aromatic rings. The summed E-state index contributed by atoms with van der Waals surface area (Å²) >= 11 is 0. The molecule has 0 fully saturated rings. The number of amides is 2. The number of anilines is 1. The molecule has 0 aromatic heterocycles. The zero-order valence-electron chi connectivity index (χ0n) is 8.20. The van der Waals surface area contributed by atoms with E-state index in [1.54, 1.807) is 19.1 Å². The maximum absolute atomic E-state index is 11.3. The van der Waals surface area contributed by atoms with E-state index in [0.717, 1.165) is 17.0 Å². The van der Waals surface area contributed by atoms with Gasteiger partial charge in [-0.05, 0) is 12.1 Å². The van der Waals surface area contributed by atoms with Gasteiger partial charge in [0.05, 0.1) is 19.3 Å². The minimum absolute atomic E-state index is 0.0780. The van der Waals surface area contributed by atoms with Gasteiger partial charge in [-0.15, -0.1) is 0 Å². The lowest BCUT2D eigenvalue weighted by Gasteiger charge is -2.27. The highest BCUT2D eigenvalue weighted by Gasteiger charge is 2.21. The van der Waals surface area contributed by atoms with Gasteiger partial charge in [-0.3, -0.25) is 0 Å². The second-order valence-electron chi connectivity index (χ2n) is 3.27. The first-order chi connectivity index (χ1) is 6.72. The summed E-state index contributed by atoms with van der Waals surface area (Å²) in [5.41, 5.74) is 1.87. The number of carbonyl (C=O) groups is 1. The van der Waals surface area contributed by atoms with Crippen molar-refractivity contribution in [3.05, 3.63) is 23.8 Å². The number of benzene rings is 1. The van der Waals surface area contributed by atoms with E-state index < -0.39 is 0 Å². The SMILES string of the molecule is COc1cccc2c1CN(C)C(=O)N2. The second kappa shape index (κ2) is 3.21. The number of nitrogens with one attached hydrogen (secondary N) is 1. The third kappa shape index (κ3) is 1.28. The maximum Gasteiger partial charge on any atom is 0.321 e. The van der Waals surface area contributed by atoms with Gasteiger partial charge in [0.2, 0.25) is 0 Å². The van der Waals surface area contributed by atoms with Crippen molar-refractivity contribution in [1.82, 2.24) is 4.90 Å². The van der Waals surface area contributed by atoms with Crippen LogP contribution in [0.4, 0.5) is 10.5 Å². The lowest BCUT2D eigenvalue weighted by molar-refractivity contribution is 0.218. The van der Waals surface area contributed by atoms with Crippen LogP contribution in [0.25, 0.3) is 0 Å². The summed E-state index contributed by atoms with van der Waals surface area (Å²) in [6.07, 6.45) is 0. The third-order valence-electron chi connectivity index (χ3n) is 2.34. The molecule has 4 nitrogen and oxygen atoms in total. The number of hydrogen-bond acceptors (Lipinski definition) is 2. The van der Waals surface area contributed by atoms with Crippen LogP contribution < -0.4 is 10.1 Å². The normalized spacial score (nSPS) is 14.7. The Bertz CT molecular complexity index is 376. The van der Waals surface area contributed by atoms with Crippen LogP contribution in [0.15, 0.2) is 18.2 Å². The van der Waals surface area contributed by atoms with Gasteiger partial charge < -0.3 is 15.0 Å². The van der Waals surface area contributed by atoms with Crippen LogP contribution in [-0.2, 0) is 6.54 Å². The van der Waals surface area contributed by atoms with Gasteiger partial charge in [-0.25, -0.2) is 4.79 Å². The van der Waals surface area contributed by atoms with E-state index in [1.807, 2.05) is 18.2 Å². The quantitative estimate of drug-likeness (QED) is 0.735. The number of carbonyl (C=O) groups excluding carboxylic acids is 1. The van der Waals surface area contributed by atoms with E-state index in [-0.39, 0.29) is 6.03 Å². The van der Waals surface area contributed by atoms with Crippen LogP contribution in [0.1, 0.15) is 5.56 Å². The molecular weight excluding hydrogens is 180 g/mol. The van der Waals surface area contributed by atoms with Crippen molar-refractivity contribution in [2.24, 2.45) is 0 Å². The molecule has 1 aromatic carbocycles. The lowest BCUT2D eigenvalue weighted by Crippen LogP contribution is -2.35. The van der Waals surface area contributed by atoms with Gasteiger partial charge in [0.1, 0.15) is 5.75 Å². The van der Waals surface area contributed by atoms with Crippen LogP contribution in [0, 0.1) is 0 Å². The summed E-state index contributed by atoms with van der Waals surface area (Å²) in [6.45, 7) is 0.588. The van der Waals surface area contributed by atoms with Gasteiger partial charge in [0.15, 0.2) is 0 Å². The van der Waals surface area contributed by atoms with Crippen molar-refractivity contribution in [3.8, 4) is 5.75 Å². The van der Waals surface area contributed by atoms with E-state index in [9.17, 15) is 4.79 Å². The maximum atomic E-state index is 11.3. The minimum atomic E-state index is -0.0780. The van der Waals surface area contributed by atoms with Crippen LogP contribution in [0.3, 0.4) is 0 Å². The number of hydrogen-bond donors (Lipinski definition) is 1. The van der Waals surface area contributed by atoms with Crippen molar-refractivity contribution >= 4 is 11.7 Å². The number of fused-ring (bicyclic) bond motifs is 1. The van der Waals surface area contributed by atoms with Crippen LogP contribution in [0.5, 0.6) is 5.75 Å². The first kappa shape index (κ1) is 8.87. The molecule has 0 unspecified atom stereocenters. The van der Waals surface area contributed by atoms with Crippen molar-refractivity contribution in [1.29, 1.82) is 0 Å². The number of ether oxygens (including phenoxy) is 1. The smallest absolute Gasteiger partial charge is 0.321 e. The zero-order valence-corrected chi connectivity index (χ0v) is 8.20. The van der Waals surface area contributed by atoms with Crippen molar-refractivity contribution in [2.45, 2.75) is 6.54 Å². The summed E-state index contributed by atoms with van der Waals surface area (Å²) in [4.78, 5) is 12.9. The van der Waals surface area contributed by atoms with Gasteiger partial charge in [-0.2, -0.15) is 0 Å². The highest BCUT2D eigenvalue weighted by molar-refractivity contribution is 5.92. The summed E-state index contributed by atoms with van der Waals surface area (Å²) in [6, 6.07) is 5.56. The predicted molar refractivity (Wildman–Crippen MR) is 53.5 cm³/mol. The molecule has 2 rings (SSSR count). The molecule has 1 aliphatic rings. The average molecular weight is 192 g/mol. The monoisotopic (exact) mass is 192 g/mol. The van der Waals surface area contributed by atoms with E-state index in [4.69, 9.17) is 4.74 Å². The highest BCUT2D eigenvalue weighted by Crippen LogP contribution is 2.30. The van der Waals surface area contributed by atoms with Gasteiger partial charge in [0.25, 0.3) is 0 Å². The molecule has 0 bridgehead atoms. The molecule has 14 heavy (non-hydrogen) atoms. The molecule has 0 radical (unpaired) electrons. The average Bonchev–Trinajstić information content (AvgIpc) is 2.19. The Morgan fingerprint density at radius 3 is 3.00 bits per heavy atom. The Labute approximate surface area is 82.5 Å². The number of nitrogens with zero attached hydrogens (tertiary/aromatic N) is 1. The molecule has 4 heteroatoms. The number of rotatable bonds is 1. The fraction of sp³-hybridized carbons (Fsp3) is 0.300. The molecule has 1 aliphatic heterocycles. The summed E-state index contributed by atoms with van der Waals surface area (Å²) in [7, 11) is 3.39. The molecule has 0 spiro atoms. The minimum Gasteiger partial charge on any atom is -0.496 e. The fourth-order valence-electron chi connectivity index (χ4n) is 1.56. The Balaban J connectivity index is 2.46. The van der Waals surface area contributed by atoms with E-state index in [2.05, 4.69) is 5.32 Å². The largest absolute Gasteiger partial charge is 0.496 e. The summed E-state index contributed by atoms with van der Waals surface area (Å²) in [5.74, 6) is 0.814. The van der Waals surface area contributed by atoms with Crippen LogP contribution >= 0.6 is 0 Å². The molecule has 0 saturated carbocycles. The Hall–Kier alpha value is -1.71. The third-order valence-corrected chi connectivity index (χ3v) is 2.34. The molecule has 74 valence electrons. The van der Waals surface area contributed by atoms with Crippen molar-refractivity contribution in [3.63, 3.8) is 0 Å². The molecule has 0 saturated heterocycles. The molecule has 0 atom stereocenters. The first-order valence-electron chi connectivity index (χ1n) is 4.40. The van der Waals surface area contributed by atoms with Crippen LogP contribution in [-0.4, -0.2) is 25.1 Å². The highest BCUT2D eigenvalue weighted by atomic mass is 16.5. The first-order valence-corrected chi connectivity index (χ1v) is 4.40. The Kier molecular flexibility index (Phi) is 2.04. The van der Waals surface area contributed by atoms with Crippen molar-refractivity contribution in [2.75, 3.05) is 19.5 Å². The van der Waals surface area contributed by atoms with E-state index in [0.29, 0.717) is 6.54 Å².